The van der Waals surface area contributed by atoms with E-state index in [1.165, 1.54) is 0 Å². The predicted molar refractivity (Wildman–Crippen MR) is 77.4 cm³/mol. The zero-order chi connectivity index (χ0) is 17.4. The van der Waals surface area contributed by atoms with Crippen LogP contribution in [-0.2, 0) is 9.59 Å². The van der Waals surface area contributed by atoms with E-state index in [9.17, 15) is 27.2 Å². The maximum Gasteiger partial charge on any atom is 0.247 e. The van der Waals surface area contributed by atoms with Gasteiger partial charge in [-0.2, -0.15) is 0 Å². The molecular formula is C16H10F4N2O2. The highest BCUT2D eigenvalue weighted by Crippen LogP contribution is 2.29. The van der Waals surface area contributed by atoms with Gasteiger partial charge in [0.25, 0.3) is 0 Å². The van der Waals surface area contributed by atoms with Crippen LogP contribution in [0.2, 0.25) is 0 Å². The van der Waals surface area contributed by atoms with E-state index in [0.717, 1.165) is 36.4 Å². The summed E-state index contributed by atoms with van der Waals surface area (Å²) in [6, 6.07) is 6.01. The second-order valence-corrected chi connectivity index (χ2v) is 5.10. The number of piperazine rings is 1. The molecule has 24 heavy (non-hydrogen) atoms. The second-order valence-electron chi connectivity index (χ2n) is 5.10. The van der Waals surface area contributed by atoms with Crippen LogP contribution in [0.1, 0.15) is 0 Å². The first-order valence-electron chi connectivity index (χ1n) is 6.89. The third kappa shape index (κ3) is 2.60. The van der Waals surface area contributed by atoms with Gasteiger partial charge in [0.1, 0.15) is 47.7 Å². The van der Waals surface area contributed by atoms with Crippen LogP contribution in [0, 0.1) is 23.3 Å². The van der Waals surface area contributed by atoms with Gasteiger partial charge in [-0.05, 0) is 24.3 Å². The van der Waals surface area contributed by atoms with Crippen LogP contribution < -0.4 is 9.80 Å². The number of anilines is 2. The van der Waals surface area contributed by atoms with Crippen LogP contribution in [0.25, 0.3) is 0 Å². The topological polar surface area (TPSA) is 40.6 Å². The Labute approximate surface area is 133 Å². The van der Waals surface area contributed by atoms with Gasteiger partial charge in [-0.25, -0.2) is 17.6 Å². The fourth-order valence-electron chi connectivity index (χ4n) is 2.52. The first-order valence-corrected chi connectivity index (χ1v) is 6.89. The van der Waals surface area contributed by atoms with E-state index in [1.807, 2.05) is 0 Å². The lowest BCUT2D eigenvalue weighted by molar-refractivity contribution is -0.126. The van der Waals surface area contributed by atoms with E-state index in [4.69, 9.17) is 0 Å². The van der Waals surface area contributed by atoms with Crippen molar-refractivity contribution < 1.29 is 27.2 Å². The summed E-state index contributed by atoms with van der Waals surface area (Å²) in [6.45, 7) is -1.46. The minimum absolute atomic E-state index is 0.627. The SMILES string of the molecule is O=C1CN(c2c(F)cccc2F)C(=O)CN1c1c(F)cccc1F. The Hall–Kier alpha value is -2.90. The average molecular weight is 338 g/mol. The molecule has 3 rings (SSSR count). The maximum absolute atomic E-state index is 13.8. The number of halogens is 4. The van der Waals surface area contributed by atoms with Gasteiger partial charge in [0.05, 0.1) is 0 Å². The van der Waals surface area contributed by atoms with E-state index in [-0.39, 0.29) is 0 Å². The molecule has 0 aliphatic carbocycles. The fourth-order valence-corrected chi connectivity index (χ4v) is 2.52. The molecule has 8 heteroatoms. The predicted octanol–water partition coefficient (Wildman–Crippen LogP) is 2.62. The molecule has 0 spiro atoms. The van der Waals surface area contributed by atoms with Crippen molar-refractivity contribution in [3.63, 3.8) is 0 Å². The Morgan fingerprint density at radius 2 is 0.917 bits per heavy atom. The van der Waals surface area contributed by atoms with E-state index in [2.05, 4.69) is 0 Å². The zero-order valence-corrected chi connectivity index (χ0v) is 12.1. The highest BCUT2D eigenvalue weighted by atomic mass is 19.1. The van der Waals surface area contributed by atoms with Crippen molar-refractivity contribution in [1.29, 1.82) is 0 Å². The van der Waals surface area contributed by atoms with Gasteiger partial charge in [0, 0.05) is 0 Å². The van der Waals surface area contributed by atoms with Crippen molar-refractivity contribution in [2.75, 3.05) is 22.9 Å². The van der Waals surface area contributed by atoms with E-state index in [1.54, 1.807) is 0 Å². The van der Waals surface area contributed by atoms with E-state index >= 15 is 0 Å². The summed E-state index contributed by atoms with van der Waals surface area (Å²) in [4.78, 5) is 25.7. The number of rotatable bonds is 2. The minimum Gasteiger partial charge on any atom is -0.296 e. The summed E-state index contributed by atoms with van der Waals surface area (Å²) in [5.74, 6) is -5.77. The third-order valence-electron chi connectivity index (χ3n) is 3.60. The van der Waals surface area contributed by atoms with Crippen molar-refractivity contribution in [3.05, 3.63) is 59.7 Å². The molecule has 124 valence electrons. The van der Waals surface area contributed by atoms with Crippen molar-refractivity contribution in [2.24, 2.45) is 0 Å². The Balaban J connectivity index is 1.96. The summed E-state index contributed by atoms with van der Waals surface area (Å²) >= 11 is 0. The number of para-hydroxylation sites is 2. The molecule has 2 amide bonds. The molecule has 4 nitrogen and oxygen atoms in total. The van der Waals surface area contributed by atoms with Crippen molar-refractivity contribution in [1.82, 2.24) is 0 Å². The molecule has 0 bridgehead atoms. The van der Waals surface area contributed by atoms with E-state index in [0.29, 0.717) is 9.80 Å². The first kappa shape index (κ1) is 16.0. The number of hydrogen-bond donors (Lipinski definition) is 0. The lowest BCUT2D eigenvalue weighted by Gasteiger charge is -2.34. The van der Waals surface area contributed by atoms with Crippen molar-refractivity contribution in [3.8, 4) is 0 Å². The largest absolute Gasteiger partial charge is 0.296 e. The summed E-state index contributed by atoms with van der Waals surface area (Å²) in [5, 5.41) is 0. The summed E-state index contributed by atoms with van der Waals surface area (Å²) in [5.41, 5.74) is -1.32. The molecule has 1 saturated heterocycles. The van der Waals surface area contributed by atoms with Gasteiger partial charge in [-0.3, -0.25) is 19.4 Å². The molecule has 2 aromatic rings. The number of hydrogen-bond acceptors (Lipinski definition) is 2. The molecule has 1 aliphatic heterocycles. The van der Waals surface area contributed by atoms with Crippen molar-refractivity contribution >= 4 is 23.2 Å². The molecule has 1 aliphatic rings. The van der Waals surface area contributed by atoms with Gasteiger partial charge in [0.15, 0.2) is 0 Å². The van der Waals surface area contributed by atoms with Gasteiger partial charge in [-0.1, -0.05) is 12.1 Å². The highest BCUT2D eigenvalue weighted by Gasteiger charge is 2.36. The molecule has 0 atom stereocenters. The molecule has 1 heterocycles. The van der Waals surface area contributed by atoms with Crippen LogP contribution in [-0.4, -0.2) is 24.9 Å². The zero-order valence-electron chi connectivity index (χ0n) is 12.1. The molecule has 0 aromatic heterocycles. The van der Waals surface area contributed by atoms with Gasteiger partial charge in [0.2, 0.25) is 11.8 Å². The Kier molecular flexibility index (Phi) is 3.96. The van der Waals surface area contributed by atoms with E-state index < -0.39 is 59.5 Å². The summed E-state index contributed by atoms with van der Waals surface area (Å²) < 4.78 is 55.2. The normalized spacial score (nSPS) is 15.2. The molecule has 0 saturated carbocycles. The molecule has 1 fully saturated rings. The Morgan fingerprint density at radius 3 is 1.21 bits per heavy atom. The molecule has 0 radical (unpaired) electrons. The molecule has 0 unspecified atom stereocenters. The van der Waals surface area contributed by atoms with Gasteiger partial charge < -0.3 is 0 Å². The summed E-state index contributed by atoms with van der Waals surface area (Å²) in [7, 11) is 0. The van der Waals surface area contributed by atoms with Gasteiger partial charge >= 0.3 is 0 Å². The molecular weight excluding hydrogens is 328 g/mol. The molecule has 2 aromatic carbocycles. The van der Waals surface area contributed by atoms with Crippen LogP contribution in [0.4, 0.5) is 28.9 Å². The minimum atomic E-state index is -1.01. The smallest absolute Gasteiger partial charge is 0.247 e. The third-order valence-corrected chi connectivity index (χ3v) is 3.60. The van der Waals surface area contributed by atoms with Crippen LogP contribution in [0.15, 0.2) is 36.4 Å². The standard InChI is InChI=1S/C16H10F4N2O2/c17-9-3-1-4-10(18)15(9)21-7-14(24)22(8-13(21)23)16-11(19)5-2-6-12(16)20/h1-6H,7-8H2. The number of nitrogens with zero attached hydrogens (tertiary/aromatic N) is 2. The Bertz CT molecular complexity index is 731. The average Bonchev–Trinajstić information content (AvgIpc) is 2.51. The van der Waals surface area contributed by atoms with Crippen LogP contribution in [0.3, 0.4) is 0 Å². The summed E-state index contributed by atoms with van der Waals surface area (Å²) in [6.07, 6.45) is 0. The second kappa shape index (κ2) is 5.95. The highest BCUT2D eigenvalue weighted by molar-refractivity contribution is 6.12. The first-order chi connectivity index (χ1) is 11.4. The van der Waals surface area contributed by atoms with Gasteiger partial charge in [-0.15, -0.1) is 0 Å². The number of carbonyl (C=O) groups is 2. The quantitative estimate of drug-likeness (QED) is 0.790. The van der Waals surface area contributed by atoms with Crippen LogP contribution in [0.5, 0.6) is 0 Å². The Morgan fingerprint density at radius 1 is 0.625 bits per heavy atom. The lowest BCUT2D eigenvalue weighted by atomic mass is 10.2. The monoisotopic (exact) mass is 338 g/mol. The lowest BCUT2D eigenvalue weighted by Crippen LogP contribution is -2.55. The van der Waals surface area contributed by atoms with Crippen molar-refractivity contribution in [2.45, 2.75) is 0 Å². The number of benzene rings is 2. The number of amides is 2. The van der Waals surface area contributed by atoms with Crippen LogP contribution >= 0.6 is 0 Å². The maximum atomic E-state index is 13.8. The molecule has 0 N–H and O–H groups in total. The fraction of sp³-hybridized carbons (Fsp3) is 0.125. The number of carbonyl (C=O) groups excluding carboxylic acids is 2.